The summed E-state index contributed by atoms with van der Waals surface area (Å²) < 4.78 is 71.6. The molecule has 11 heteroatoms. The van der Waals surface area contributed by atoms with Crippen LogP contribution in [0.5, 0.6) is 0 Å². The molecule has 0 aliphatic carbocycles. The summed E-state index contributed by atoms with van der Waals surface area (Å²) in [7, 11) is 0. The molecule has 244 valence electrons. The van der Waals surface area contributed by atoms with Gasteiger partial charge in [-0.1, -0.05) is 66.1 Å². The Kier molecular flexibility index (Phi) is 14.2. The first-order chi connectivity index (χ1) is 22.7. The molecular weight excluding hydrogens is 806 g/mol. The summed E-state index contributed by atoms with van der Waals surface area (Å²) in [5.74, 6) is -4.62. The number of esters is 1. The molecule has 0 unspecified atom stereocenters. The first-order valence-corrected chi connectivity index (χ1v) is 14.0. The Balaban J connectivity index is 0.000000197. The number of rotatable bonds is 5. The fourth-order valence-corrected chi connectivity index (χ4v) is 4.02. The van der Waals surface area contributed by atoms with Crippen molar-refractivity contribution in [3.8, 4) is 33.8 Å². The zero-order valence-corrected chi connectivity index (χ0v) is 27.8. The van der Waals surface area contributed by atoms with Crippen LogP contribution in [0, 0.1) is 54.2 Å². The number of halogens is 5. The van der Waals surface area contributed by atoms with Gasteiger partial charge in [0.15, 0.2) is 0 Å². The molecule has 0 fully saturated rings. The van der Waals surface area contributed by atoms with E-state index in [1.165, 1.54) is 12.3 Å². The monoisotopic (exact) mass is 831 g/mol. The van der Waals surface area contributed by atoms with Gasteiger partial charge in [0, 0.05) is 41.6 Å². The van der Waals surface area contributed by atoms with E-state index in [9.17, 15) is 26.7 Å². The predicted octanol–water partition coefficient (Wildman–Crippen LogP) is 8.82. The van der Waals surface area contributed by atoms with E-state index in [-0.39, 0.29) is 49.4 Å². The Bertz CT molecular complexity index is 1850. The maximum Gasteiger partial charge on any atom is 3.00 e. The number of carbonyl (C=O) groups is 1. The van der Waals surface area contributed by atoms with Gasteiger partial charge in [0.1, 0.15) is 0 Å². The summed E-state index contributed by atoms with van der Waals surface area (Å²) in [6.45, 7) is 3.43. The number of nitrogens with zero attached hydrogens (tertiary/aromatic N) is 3. The Hall–Kier alpha value is -5.12. The second-order valence-electron chi connectivity index (χ2n) is 9.51. The van der Waals surface area contributed by atoms with Crippen molar-refractivity contribution in [3.05, 3.63) is 162 Å². The van der Waals surface area contributed by atoms with Crippen molar-refractivity contribution in [2.45, 2.75) is 13.8 Å². The van der Waals surface area contributed by atoms with Crippen LogP contribution in [0.4, 0.5) is 22.0 Å². The van der Waals surface area contributed by atoms with Crippen LogP contribution in [0.2, 0.25) is 0 Å². The van der Waals surface area contributed by atoms with E-state index in [2.05, 4.69) is 37.9 Å². The third kappa shape index (κ3) is 9.94. The number of hydrogen-bond donors (Lipinski definition) is 0. The number of ether oxygens (including phenoxy) is 1. The minimum Gasteiger partial charge on any atom is -0.463 e. The third-order valence-electron chi connectivity index (χ3n) is 6.16. The number of aryl methyl sites for hydroxylation is 1. The molecule has 6 aromatic rings. The normalized spacial score (nSPS) is 9.98. The first kappa shape index (κ1) is 37.3. The molecule has 3 aromatic heterocycles. The summed E-state index contributed by atoms with van der Waals surface area (Å²) in [6, 6.07) is 29.3. The maximum atomic E-state index is 14.2. The molecule has 3 aromatic carbocycles. The maximum absolute atomic E-state index is 14.2. The van der Waals surface area contributed by atoms with Crippen molar-refractivity contribution in [2.75, 3.05) is 6.61 Å². The molecule has 0 atom stereocenters. The molecular formula is C37H25F5IrN3O2. The van der Waals surface area contributed by atoms with Gasteiger partial charge in [0.05, 0.1) is 18.2 Å². The van der Waals surface area contributed by atoms with E-state index < -0.39 is 34.8 Å². The molecule has 3 heterocycles. The minimum atomic E-state index is -1.04. The van der Waals surface area contributed by atoms with Crippen molar-refractivity contribution in [1.82, 2.24) is 15.0 Å². The van der Waals surface area contributed by atoms with Crippen LogP contribution in [-0.4, -0.2) is 27.5 Å². The van der Waals surface area contributed by atoms with Gasteiger partial charge in [-0.3, -0.25) is 22.0 Å². The summed E-state index contributed by atoms with van der Waals surface area (Å²) in [5.41, 5.74) is 2.03. The average molecular weight is 831 g/mol. The molecule has 0 saturated carbocycles. The van der Waals surface area contributed by atoms with Crippen molar-refractivity contribution >= 4 is 5.97 Å². The van der Waals surface area contributed by atoms with Gasteiger partial charge in [-0.2, -0.15) is 0 Å². The van der Waals surface area contributed by atoms with E-state index in [4.69, 9.17) is 0 Å². The van der Waals surface area contributed by atoms with Crippen LogP contribution in [0.25, 0.3) is 33.8 Å². The summed E-state index contributed by atoms with van der Waals surface area (Å²) in [4.78, 5) is 23.5. The second-order valence-corrected chi connectivity index (χ2v) is 9.51. The Morgan fingerprint density at radius 3 is 1.60 bits per heavy atom. The standard InChI is InChI=1S/C14H10F2NO2.C12H9FN.C11H6F2N.Ir/c1-2-19-14(18)12-10(15)7-6-9(13(12)16)11-5-3-4-8-17-11;1-9-5-6-10(11(13)8-9)12-4-2-3-7-14-12;12-8-4-5-9(10(13)7-8)11-3-1-2-6-14-11;/h3-5,7-8H,2H2,1H3;2-5,7-8H,1H3;1-4,6-7H;/q3*-1;+3. The number of hydrogen-bond acceptors (Lipinski definition) is 5. The number of aromatic nitrogens is 3. The first-order valence-electron chi connectivity index (χ1n) is 14.0. The molecule has 5 nitrogen and oxygen atoms in total. The van der Waals surface area contributed by atoms with Crippen LogP contribution in [0.15, 0.2) is 104 Å². The Morgan fingerprint density at radius 1 is 0.667 bits per heavy atom. The van der Waals surface area contributed by atoms with Crippen molar-refractivity contribution in [2.24, 2.45) is 0 Å². The van der Waals surface area contributed by atoms with Crippen molar-refractivity contribution in [1.29, 1.82) is 0 Å². The fourth-order valence-electron chi connectivity index (χ4n) is 4.02. The van der Waals surface area contributed by atoms with Gasteiger partial charge >= 0.3 is 26.1 Å². The minimum absolute atomic E-state index is 0. The van der Waals surface area contributed by atoms with Gasteiger partial charge in [0.25, 0.3) is 0 Å². The zero-order chi connectivity index (χ0) is 33.8. The zero-order valence-electron chi connectivity index (χ0n) is 25.4. The van der Waals surface area contributed by atoms with Gasteiger partial charge in [-0.25, -0.2) is 4.79 Å². The van der Waals surface area contributed by atoms with E-state index in [1.54, 1.807) is 73.9 Å². The van der Waals surface area contributed by atoms with Crippen molar-refractivity contribution < 1.29 is 51.6 Å². The molecule has 0 amide bonds. The Labute approximate surface area is 287 Å². The fraction of sp³-hybridized carbons (Fsp3) is 0.0811. The molecule has 48 heavy (non-hydrogen) atoms. The smallest absolute Gasteiger partial charge is 0.463 e. The van der Waals surface area contributed by atoms with Gasteiger partial charge in [0.2, 0.25) is 0 Å². The molecule has 0 aliphatic rings. The SMILES string of the molecule is CCOC(=O)c1c(F)c[c-]c(-c2ccccn2)c1F.Cc1c[c-]c(-c2ccccn2)c(F)c1.Fc1c[c-]c(-c2ccccn2)c(F)c1.[Ir+3]. The summed E-state index contributed by atoms with van der Waals surface area (Å²) >= 11 is 0. The number of benzene rings is 3. The molecule has 0 spiro atoms. The van der Waals surface area contributed by atoms with Crippen LogP contribution in [0.1, 0.15) is 22.8 Å². The van der Waals surface area contributed by atoms with Crippen molar-refractivity contribution in [3.63, 3.8) is 0 Å². The molecule has 0 saturated heterocycles. The summed E-state index contributed by atoms with van der Waals surface area (Å²) in [6.07, 6.45) is 4.66. The predicted molar refractivity (Wildman–Crippen MR) is 166 cm³/mol. The molecule has 0 aliphatic heterocycles. The third-order valence-corrected chi connectivity index (χ3v) is 6.16. The quantitative estimate of drug-likeness (QED) is 0.0988. The van der Waals surface area contributed by atoms with E-state index >= 15 is 0 Å². The molecule has 0 bridgehead atoms. The second kappa shape index (κ2) is 18.3. The number of pyridine rings is 3. The topological polar surface area (TPSA) is 65.0 Å². The summed E-state index contributed by atoms with van der Waals surface area (Å²) in [5, 5.41) is 0. The van der Waals surface area contributed by atoms with Gasteiger partial charge in [-0.05, 0) is 42.2 Å². The Morgan fingerprint density at radius 2 is 1.15 bits per heavy atom. The van der Waals surface area contributed by atoms with E-state index in [0.29, 0.717) is 17.0 Å². The van der Waals surface area contributed by atoms with E-state index in [0.717, 1.165) is 23.8 Å². The largest absolute Gasteiger partial charge is 3.00 e. The number of carbonyl (C=O) groups excluding carboxylic acids is 1. The molecule has 0 N–H and O–H groups in total. The van der Waals surface area contributed by atoms with Crippen LogP contribution in [0.3, 0.4) is 0 Å². The molecule has 6 rings (SSSR count). The van der Waals surface area contributed by atoms with Crippen LogP contribution >= 0.6 is 0 Å². The van der Waals surface area contributed by atoms with Gasteiger partial charge < -0.3 is 19.7 Å². The van der Waals surface area contributed by atoms with Crippen LogP contribution in [-0.2, 0) is 24.8 Å². The van der Waals surface area contributed by atoms with Gasteiger partial charge in [-0.15, -0.1) is 48.0 Å². The average Bonchev–Trinajstić information content (AvgIpc) is 3.07. The van der Waals surface area contributed by atoms with E-state index in [1.807, 2.05) is 13.0 Å². The molecule has 0 radical (unpaired) electrons. The van der Waals surface area contributed by atoms with Crippen LogP contribution < -0.4 is 0 Å².